The second kappa shape index (κ2) is 4.83. The van der Waals surface area contributed by atoms with E-state index in [-0.39, 0.29) is 0 Å². The number of carbonyl (C=O) groups is 2. The molecule has 0 aliphatic heterocycles. The molecule has 1 aromatic rings. The smallest absolute Gasteiger partial charge is 0.315 e. The first-order chi connectivity index (χ1) is 7.69. The van der Waals surface area contributed by atoms with Crippen LogP contribution in [0.25, 0.3) is 0 Å². The molecule has 0 aliphatic carbocycles. The van der Waals surface area contributed by atoms with Crippen LogP contribution in [0.4, 0.5) is 5.13 Å². The lowest BCUT2D eigenvalue weighted by molar-refractivity contribution is -0.137. The first kappa shape index (κ1) is 13.6. The standard InChI is InChI=1S/C11H17N3O2S/c1-6-7(2)17-10(12-6)13-8(15)9(16)14-11(3,4)5/h1-5H3,(H,14,16)(H,12,13,15). The van der Waals surface area contributed by atoms with Crippen LogP contribution in [-0.4, -0.2) is 22.3 Å². The summed E-state index contributed by atoms with van der Waals surface area (Å²) in [7, 11) is 0. The number of amides is 2. The molecule has 0 aromatic carbocycles. The van der Waals surface area contributed by atoms with Crippen molar-refractivity contribution in [1.29, 1.82) is 0 Å². The lowest BCUT2D eigenvalue weighted by Crippen LogP contribution is -2.46. The van der Waals surface area contributed by atoms with Crippen LogP contribution in [0.15, 0.2) is 0 Å². The quantitative estimate of drug-likeness (QED) is 0.749. The Morgan fingerprint density at radius 1 is 1.18 bits per heavy atom. The van der Waals surface area contributed by atoms with E-state index in [0.717, 1.165) is 10.6 Å². The van der Waals surface area contributed by atoms with Gasteiger partial charge in [-0.05, 0) is 34.6 Å². The maximum atomic E-state index is 11.6. The highest BCUT2D eigenvalue weighted by molar-refractivity contribution is 7.15. The van der Waals surface area contributed by atoms with Gasteiger partial charge in [-0.1, -0.05) is 0 Å². The van der Waals surface area contributed by atoms with E-state index in [9.17, 15) is 9.59 Å². The van der Waals surface area contributed by atoms with Crippen molar-refractivity contribution in [3.8, 4) is 0 Å². The van der Waals surface area contributed by atoms with Gasteiger partial charge in [-0.3, -0.25) is 14.9 Å². The molecule has 0 unspecified atom stereocenters. The normalized spacial score (nSPS) is 11.1. The van der Waals surface area contributed by atoms with Gasteiger partial charge < -0.3 is 5.32 Å². The Labute approximate surface area is 105 Å². The molecule has 0 radical (unpaired) electrons. The van der Waals surface area contributed by atoms with E-state index in [1.54, 1.807) is 0 Å². The predicted octanol–water partition coefficient (Wildman–Crippen LogP) is 1.61. The Hall–Kier alpha value is -1.43. The van der Waals surface area contributed by atoms with E-state index >= 15 is 0 Å². The Morgan fingerprint density at radius 2 is 1.76 bits per heavy atom. The maximum Gasteiger partial charge on any atom is 0.315 e. The van der Waals surface area contributed by atoms with E-state index in [0.29, 0.717) is 5.13 Å². The summed E-state index contributed by atoms with van der Waals surface area (Å²) >= 11 is 1.36. The van der Waals surface area contributed by atoms with E-state index < -0.39 is 17.4 Å². The molecule has 0 bridgehead atoms. The maximum absolute atomic E-state index is 11.6. The van der Waals surface area contributed by atoms with Crippen LogP contribution in [0.1, 0.15) is 31.3 Å². The summed E-state index contributed by atoms with van der Waals surface area (Å²) in [6.45, 7) is 9.22. The van der Waals surface area contributed by atoms with Crippen molar-refractivity contribution >= 4 is 28.3 Å². The molecule has 1 heterocycles. The summed E-state index contributed by atoms with van der Waals surface area (Å²) in [5.41, 5.74) is 0.435. The minimum Gasteiger partial charge on any atom is -0.343 e. The summed E-state index contributed by atoms with van der Waals surface area (Å²) in [4.78, 5) is 28.2. The Bertz CT molecular complexity index is 427. The number of hydrogen-bond donors (Lipinski definition) is 2. The molecular weight excluding hydrogens is 238 g/mol. The summed E-state index contributed by atoms with van der Waals surface area (Å²) < 4.78 is 0. The number of carbonyl (C=O) groups excluding carboxylic acids is 2. The van der Waals surface area contributed by atoms with Crippen molar-refractivity contribution in [2.75, 3.05) is 5.32 Å². The van der Waals surface area contributed by atoms with Crippen LogP contribution in [0.2, 0.25) is 0 Å². The fraction of sp³-hybridized carbons (Fsp3) is 0.545. The zero-order chi connectivity index (χ0) is 13.2. The van der Waals surface area contributed by atoms with Crippen molar-refractivity contribution in [3.63, 3.8) is 0 Å². The van der Waals surface area contributed by atoms with Crippen LogP contribution in [0, 0.1) is 13.8 Å². The molecule has 94 valence electrons. The lowest BCUT2D eigenvalue weighted by atomic mass is 10.1. The molecule has 6 heteroatoms. The second-order valence-electron chi connectivity index (χ2n) is 4.82. The highest BCUT2D eigenvalue weighted by atomic mass is 32.1. The summed E-state index contributed by atoms with van der Waals surface area (Å²) in [5, 5.41) is 5.52. The van der Waals surface area contributed by atoms with E-state index in [4.69, 9.17) is 0 Å². The molecule has 0 saturated heterocycles. The van der Waals surface area contributed by atoms with Crippen LogP contribution >= 0.6 is 11.3 Å². The van der Waals surface area contributed by atoms with E-state index in [1.165, 1.54) is 11.3 Å². The number of nitrogens with zero attached hydrogens (tertiary/aromatic N) is 1. The van der Waals surface area contributed by atoms with Gasteiger partial charge in [-0.15, -0.1) is 11.3 Å². The zero-order valence-corrected chi connectivity index (χ0v) is 11.5. The number of rotatable bonds is 1. The van der Waals surface area contributed by atoms with Gasteiger partial charge in [-0.2, -0.15) is 0 Å². The summed E-state index contributed by atoms with van der Waals surface area (Å²) in [5.74, 6) is -1.34. The van der Waals surface area contributed by atoms with Crippen molar-refractivity contribution in [1.82, 2.24) is 10.3 Å². The van der Waals surface area contributed by atoms with Crippen LogP contribution < -0.4 is 10.6 Å². The minimum atomic E-state index is -0.686. The summed E-state index contributed by atoms with van der Waals surface area (Å²) in [6.07, 6.45) is 0. The average Bonchev–Trinajstić information content (AvgIpc) is 2.42. The monoisotopic (exact) mass is 255 g/mol. The number of anilines is 1. The molecule has 17 heavy (non-hydrogen) atoms. The first-order valence-electron chi connectivity index (χ1n) is 5.26. The molecule has 0 spiro atoms. The largest absolute Gasteiger partial charge is 0.343 e. The zero-order valence-electron chi connectivity index (χ0n) is 10.7. The number of aryl methyl sites for hydroxylation is 2. The molecule has 0 fully saturated rings. The van der Waals surface area contributed by atoms with Crippen LogP contribution in [-0.2, 0) is 9.59 Å². The summed E-state index contributed by atoms with van der Waals surface area (Å²) in [6, 6.07) is 0. The molecule has 1 aromatic heterocycles. The van der Waals surface area contributed by atoms with Gasteiger partial charge in [0.25, 0.3) is 0 Å². The van der Waals surface area contributed by atoms with Crippen molar-refractivity contribution < 1.29 is 9.59 Å². The number of hydrogen-bond acceptors (Lipinski definition) is 4. The second-order valence-corrected chi connectivity index (χ2v) is 6.02. The molecule has 2 amide bonds. The molecule has 0 aliphatic rings. The lowest BCUT2D eigenvalue weighted by Gasteiger charge is -2.19. The molecule has 1 rings (SSSR count). The number of nitrogens with one attached hydrogen (secondary N) is 2. The SMILES string of the molecule is Cc1nc(NC(=O)C(=O)NC(C)(C)C)sc1C. The van der Waals surface area contributed by atoms with Gasteiger partial charge in [0.1, 0.15) is 0 Å². The topological polar surface area (TPSA) is 71.1 Å². The number of aromatic nitrogens is 1. The van der Waals surface area contributed by atoms with Gasteiger partial charge >= 0.3 is 11.8 Å². The predicted molar refractivity (Wildman–Crippen MR) is 68.1 cm³/mol. The van der Waals surface area contributed by atoms with E-state index in [1.807, 2.05) is 34.6 Å². The first-order valence-corrected chi connectivity index (χ1v) is 6.08. The molecule has 5 nitrogen and oxygen atoms in total. The molecule has 0 saturated carbocycles. The van der Waals surface area contributed by atoms with Gasteiger partial charge in [0, 0.05) is 10.4 Å². The third kappa shape index (κ3) is 4.14. The Kier molecular flexibility index (Phi) is 3.87. The van der Waals surface area contributed by atoms with Crippen LogP contribution in [0.5, 0.6) is 0 Å². The van der Waals surface area contributed by atoms with Gasteiger partial charge in [0.15, 0.2) is 5.13 Å². The third-order valence-electron chi connectivity index (χ3n) is 1.94. The van der Waals surface area contributed by atoms with E-state index in [2.05, 4.69) is 15.6 Å². The average molecular weight is 255 g/mol. The fourth-order valence-electron chi connectivity index (χ4n) is 1.08. The molecule has 2 N–H and O–H groups in total. The highest BCUT2D eigenvalue weighted by Crippen LogP contribution is 2.20. The van der Waals surface area contributed by atoms with Crippen molar-refractivity contribution in [2.45, 2.75) is 40.2 Å². The van der Waals surface area contributed by atoms with Crippen LogP contribution in [0.3, 0.4) is 0 Å². The van der Waals surface area contributed by atoms with Gasteiger partial charge in [-0.25, -0.2) is 4.98 Å². The van der Waals surface area contributed by atoms with Gasteiger partial charge in [0.05, 0.1) is 5.69 Å². The molecule has 0 atom stereocenters. The fourth-order valence-corrected chi connectivity index (χ4v) is 1.89. The Balaban J connectivity index is 2.64. The van der Waals surface area contributed by atoms with Gasteiger partial charge in [0.2, 0.25) is 0 Å². The van der Waals surface area contributed by atoms with Crippen molar-refractivity contribution in [3.05, 3.63) is 10.6 Å². The van der Waals surface area contributed by atoms with Crippen molar-refractivity contribution in [2.24, 2.45) is 0 Å². The molecular formula is C11H17N3O2S. The third-order valence-corrected chi connectivity index (χ3v) is 2.93. The Morgan fingerprint density at radius 3 is 2.18 bits per heavy atom. The number of thiazole rings is 1. The highest BCUT2D eigenvalue weighted by Gasteiger charge is 2.21. The minimum absolute atomic E-state index is 0.427.